The predicted octanol–water partition coefficient (Wildman–Crippen LogP) is 2.74. The fraction of sp³-hybridized carbons (Fsp3) is 0.412. The molecular formula is C17H24N4. The van der Waals surface area contributed by atoms with E-state index in [4.69, 9.17) is 10.7 Å². The summed E-state index contributed by atoms with van der Waals surface area (Å²) in [5, 5.41) is 0. The number of hydrogen-bond acceptors (Lipinski definition) is 4. The van der Waals surface area contributed by atoms with E-state index in [1.807, 2.05) is 12.4 Å². The monoisotopic (exact) mass is 284 g/mol. The molecule has 4 nitrogen and oxygen atoms in total. The minimum Gasteiger partial charge on any atom is -0.359 e. The molecule has 2 heterocycles. The Morgan fingerprint density at radius 2 is 1.86 bits per heavy atom. The molecule has 0 bridgehead atoms. The second-order valence-electron chi connectivity index (χ2n) is 5.64. The summed E-state index contributed by atoms with van der Waals surface area (Å²) in [6, 6.07) is 8.29. The van der Waals surface area contributed by atoms with Crippen molar-refractivity contribution in [2.75, 3.05) is 18.5 Å². The molecule has 0 saturated heterocycles. The lowest BCUT2D eigenvalue weighted by molar-refractivity contribution is 0.795. The fourth-order valence-electron chi connectivity index (χ4n) is 2.16. The van der Waals surface area contributed by atoms with E-state index in [0.29, 0.717) is 12.5 Å². The van der Waals surface area contributed by atoms with Crippen LogP contribution in [-0.2, 0) is 13.0 Å². The fourth-order valence-corrected chi connectivity index (χ4v) is 2.16. The van der Waals surface area contributed by atoms with E-state index in [1.165, 1.54) is 5.56 Å². The molecule has 2 aromatic heterocycles. The molecule has 2 rings (SSSR count). The van der Waals surface area contributed by atoms with Crippen molar-refractivity contribution >= 4 is 5.82 Å². The average molecular weight is 284 g/mol. The van der Waals surface area contributed by atoms with Gasteiger partial charge in [0.1, 0.15) is 5.82 Å². The number of nitrogens with two attached hydrogens (primary N) is 1. The van der Waals surface area contributed by atoms with Crippen molar-refractivity contribution in [2.24, 2.45) is 5.73 Å². The molecule has 0 aliphatic carbocycles. The Hall–Kier alpha value is -1.94. The van der Waals surface area contributed by atoms with Crippen LogP contribution in [0, 0.1) is 0 Å². The summed E-state index contributed by atoms with van der Waals surface area (Å²) in [5.74, 6) is 1.40. The largest absolute Gasteiger partial charge is 0.359 e. The van der Waals surface area contributed by atoms with Gasteiger partial charge in [-0.05, 0) is 47.7 Å². The van der Waals surface area contributed by atoms with Crippen LogP contribution in [0.4, 0.5) is 5.82 Å². The van der Waals surface area contributed by atoms with Gasteiger partial charge in [-0.25, -0.2) is 4.98 Å². The van der Waals surface area contributed by atoms with E-state index in [-0.39, 0.29) is 0 Å². The number of hydrogen-bond donors (Lipinski definition) is 1. The van der Waals surface area contributed by atoms with Gasteiger partial charge in [0.15, 0.2) is 0 Å². The highest BCUT2D eigenvalue weighted by molar-refractivity contribution is 5.42. The lowest BCUT2D eigenvalue weighted by atomic mass is 10.1. The van der Waals surface area contributed by atoms with Crippen molar-refractivity contribution in [1.29, 1.82) is 0 Å². The summed E-state index contributed by atoms with van der Waals surface area (Å²) < 4.78 is 0. The van der Waals surface area contributed by atoms with Gasteiger partial charge >= 0.3 is 0 Å². The second-order valence-corrected chi connectivity index (χ2v) is 5.64. The molecule has 0 saturated carbocycles. The molecule has 21 heavy (non-hydrogen) atoms. The molecule has 0 unspecified atom stereocenters. The Morgan fingerprint density at radius 3 is 2.48 bits per heavy atom. The zero-order valence-electron chi connectivity index (χ0n) is 13.1. The molecule has 2 aromatic rings. The van der Waals surface area contributed by atoms with Crippen LogP contribution >= 0.6 is 0 Å². The Bertz CT molecular complexity index is 566. The van der Waals surface area contributed by atoms with Crippen LogP contribution in [-0.4, -0.2) is 23.6 Å². The standard InChI is InChI=1S/C17H24N4/c1-13(2)16-10-15(12-18)11-17(20-16)21(3)9-6-14-4-7-19-8-5-14/h4-5,7-8,10-11,13H,6,9,12,18H2,1-3H3. The Labute approximate surface area is 127 Å². The predicted molar refractivity (Wildman–Crippen MR) is 87.4 cm³/mol. The van der Waals surface area contributed by atoms with E-state index in [0.717, 1.165) is 30.0 Å². The van der Waals surface area contributed by atoms with E-state index in [2.05, 4.69) is 55.0 Å². The van der Waals surface area contributed by atoms with Gasteiger partial charge in [0.05, 0.1) is 0 Å². The van der Waals surface area contributed by atoms with Crippen LogP contribution in [0.5, 0.6) is 0 Å². The molecule has 0 fully saturated rings. The smallest absolute Gasteiger partial charge is 0.128 e. The average Bonchev–Trinajstić information content (AvgIpc) is 2.53. The van der Waals surface area contributed by atoms with Crippen LogP contribution in [0.2, 0.25) is 0 Å². The quantitative estimate of drug-likeness (QED) is 0.886. The first-order valence-electron chi connectivity index (χ1n) is 7.41. The maximum atomic E-state index is 5.80. The Morgan fingerprint density at radius 1 is 1.14 bits per heavy atom. The van der Waals surface area contributed by atoms with E-state index in [9.17, 15) is 0 Å². The van der Waals surface area contributed by atoms with Crippen LogP contribution in [0.25, 0.3) is 0 Å². The van der Waals surface area contributed by atoms with Crippen molar-refractivity contribution < 1.29 is 0 Å². The molecule has 0 amide bonds. The van der Waals surface area contributed by atoms with Crippen LogP contribution in [0.3, 0.4) is 0 Å². The zero-order valence-corrected chi connectivity index (χ0v) is 13.1. The van der Waals surface area contributed by atoms with E-state index >= 15 is 0 Å². The third-order valence-electron chi connectivity index (χ3n) is 3.59. The van der Waals surface area contributed by atoms with Gasteiger partial charge < -0.3 is 10.6 Å². The molecule has 0 aliphatic heterocycles. The first-order chi connectivity index (χ1) is 10.1. The van der Waals surface area contributed by atoms with E-state index in [1.54, 1.807) is 0 Å². The highest BCUT2D eigenvalue weighted by Gasteiger charge is 2.09. The second kappa shape index (κ2) is 7.18. The molecule has 0 aliphatic rings. The maximum Gasteiger partial charge on any atom is 0.128 e. The minimum atomic E-state index is 0.406. The van der Waals surface area contributed by atoms with Gasteiger partial charge in [0.2, 0.25) is 0 Å². The van der Waals surface area contributed by atoms with Gasteiger partial charge in [-0.2, -0.15) is 0 Å². The third kappa shape index (κ3) is 4.26. The topological polar surface area (TPSA) is 55.0 Å². The van der Waals surface area contributed by atoms with Crippen molar-refractivity contribution in [3.05, 3.63) is 53.5 Å². The zero-order chi connectivity index (χ0) is 15.2. The number of likely N-dealkylation sites (N-methyl/N-ethyl adjacent to an activating group) is 1. The highest BCUT2D eigenvalue weighted by atomic mass is 15.2. The van der Waals surface area contributed by atoms with Gasteiger partial charge in [-0.15, -0.1) is 0 Å². The van der Waals surface area contributed by atoms with Crippen molar-refractivity contribution in [2.45, 2.75) is 32.7 Å². The van der Waals surface area contributed by atoms with Crippen LogP contribution in [0.15, 0.2) is 36.7 Å². The summed E-state index contributed by atoms with van der Waals surface area (Å²) in [6.45, 7) is 5.78. The molecule has 0 spiro atoms. The lowest BCUT2D eigenvalue weighted by Crippen LogP contribution is -2.22. The van der Waals surface area contributed by atoms with Gasteiger partial charge in [-0.1, -0.05) is 13.8 Å². The first kappa shape index (κ1) is 15.4. The number of rotatable bonds is 6. The molecule has 4 heteroatoms. The van der Waals surface area contributed by atoms with Crippen molar-refractivity contribution in [3.8, 4) is 0 Å². The lowest BCUT2D eigenvalue weighted by Gasteiger charge is -2.20. The summed E-state index contributed by atoms with van der Waals surface area (Å²) in [7, 11) is 2.08. The number of nitrogens with zero attached hydrogens (tertiary/aromatic N) is 3. The first-order valence-corrected chi connectivity index (χ1v) is 7.41. The minimum absolute atomic E-state index is 0.406. The Kier molecular flexibility index (Phi) is 5.28. The molecule has 112 valence electrons. The SMILES string of the molecule is CC(C)c1cc(CN)cc(N(C)CCc2ccncc2)n1. The molecule has 0 aromatic carbocycles. The Balaban J connectivity index is 2.11. The summed E-state index contributed by atoms with van der Waals surface area (Å²) in [4.78, 5) is 11.0. The van der Waals surface area contributed by atoms with Crippen molar-refractivity contribution in [3.63, 3.8) is 0 Å². The number of aromatic nitrogens is 2. The van der Waals surface area contributed by atoms with Crippen molar-refractivity contribution in [1.82, 2.24) is 9.97 Å². The number of anilines is 1. The number of pyridine rings is 2. The summed E-state index contributed by atoms with van der Waals surface area (Å²) in [6.07, 6.45) is 4.64. The summed E-state index contributed by atoms with van der Waals surface area (Å²) >= 11 is 0. The van der Waals surface area contributed by atoms with Crippen LogP contribution < -0.4 is 10.6 Å². The van der Waals surface area contributed by atoms with Gasteiger partial charge in [0.25, 0.3) is 0 Å². The van der Waals surface area contributed by atoms with Gasteiger partial charge in [0, 0.05) is 38.2 Å². The van der Waals surface area contributed by atoms with Gasteiger partial charge in [-0.3, -0.25) is 4.98 Å². The molecule has 2 N–H and O–H groups in total. The normalized spacial score (nSPS) is 10.9. The third-order valence-corrected chi connectivity index (χ3v) is 3.59. The van der Waals surface area contributed by atoms with E-state index < -0.39 is 0 Å². The maximum absolute atomic E-state index is 5.80. The summed E-state index contributed by atoms with van der Waals surface area (Å²) in [5.41, 5.74) is 9.33. The van der Waals surface area contributed by atoms with Crippen LogP contribution in [0.1, 0.15) is 36.6 Å². The highest BCUT2D eigenvalue weighted by Crippen LogP contribution is 2.19. The molecular weight excluding hydrogens is 260 g/mol. The molecule has 0 radical (unpaired) electrons. The molecule has 0 atom stereocenters.